The summed E-state index contributed by atoms with van der Waals surface area (Å²) in [6, 6.07) is 0. The van der Waals surface area contributed by atoms with Crippen LogP contribution in [0.15, 0.2) is 12.2 Å². The van der Waals surface area contributed by atoms with Crippen molar-refractivity contribution >= 4 is 11.8 Å². The Balaban J connectivity index is 2.15. The molecule has 1 rings (SSSR count). The second-order valence-electron chi connectivity index (χ2n) is 3.42. The summed E-state index contributed by atoms with van der Waals surface area (Å²) < 4.78 is 0. The Morgan fingerprint density at radius 1 is 1.62 bits per heavy atom. The molecule has 0 aromatic heterocycles. The summed E-state index contributed by atoms with van der Waals surface area (Å²) in [5, 5.41) is 3.51. The molecule has 1 aliphatic heterocycles. The van der Waals surface area contributed by atoms with Gasteiger partial charge in [-0.3, -0.25) is 0 Å². The van der Waals surface area contributed by atoms with E-state index >= 15 is 0 Å². The van der Waals surface area contributed by atoms with E-state index in [1.807, 2.05) is 11.8 Å². The van der Waals surface area contributed by atoms with Gasteiger partial charge in [-0.15, -0.1) is 24.1 Å². The van der Waals surface area contributed by atoms with Gasteiger partial charge in [0.05, 0.1) is 4.87 Å². The molecule has 0 saturated carbocycles. The second-order valence-corrected chi connectivity index (χ2v) is 5.02. The Morgan fingerprint density at radius 2 is 2.46 bits per heavy atom. The molecule has 13 heavy (non-hydrogen) atoms. The highest BCUT2D eigenvalue weighted by Crippen LogP contribution is 2.30. The van der Waals surface area contributed by atoms with Crippen molar-refractivity contribution in [2.45, 2.75) is 31.1 Å². The van der Waals surface area contributed by atoms with Crippen LogP contribution in [0.4, 0.5) is 0 Å². The van der Waals surface area contributed by atoms with Gasteiger partial charge in [-0.1, -0.05) is 12.2 Å². The molecular formula is C11H17NS. The molecule has 0 spiro atoms. The number of terminal acetylenes is 1. The van der Waals surface area contributed by atoms with E-state index in [1.54, 1.807) is 0 Å². The van der Waals surface area contributed by atoms with E-state index in [4.69, 9.17) is 6.42 Å². The summed E-state index contributed by atoms with van der Waals surface area (Å²) in [6.45, 7) is 3.43. The standard InChI is InChI=1S/C11H17NS/c1-3-4-5-6-7-8-11(2)12-9-10-13-11/h1,5-6,12H,4,7-10H2,2H3/b6-5+. The highest BCUT2D eigenvalue weighted by atomic mass is 32.2. The number of thioether (sulfide) groups is 1. The average Bonchev–Trinajstić information content (AvgIpc) is 2.53. The van der Waals surface area contributed by atoms with Crippen molar-refractivity contribution in [1.82, 2.24) is 5.32 Å². The van der Waals surface area contributed by atoms with Crippen LogP contribution in [-0.2, 0) is 0 Å². The summed E-state index contributed by atoms with van der Waals surface area (Å²) >= 11 is 2.02. The Kier molecular flexibility index (Phi) is 4.41. The first-order valence-corrected chi connectivity index (χ1v) is 5.73. The Hall–Kier alpha value is -0.390. The zero-order chi connectivity index (χ0) is 9.57. The van der Waals surface area contributed by atoms with E-state index in [0.29, 0.717) is 4.87 Å². The lowest BCUT2D eigenvalue weighted by Gasteiger charge is -2.22. The molecule has 0 aliphatic carbocycles. The zero-order valence-electron chi connectivity index (χ0n) is 8.18. The fraction of sp³-hybridized carbons (Fsp3) is 0.636. The molecule has 1 N–H and O–H groups in total. The Morgan fingerprint density at radius 3 is 3.08 bits per heavy atom. The molecule has 2 heteroatoms. The summed E-state index contributed by atoms with van der Waals surface area (Å²) in [7, 11) is 0. The van der Waals surface area contributed by atoms with Crippen LogP contribution in [-0.4, -0.2) is 17.2 Å². The molecule has 0 radical (unpaired) electrons. The molecule has 0 aromatic rings. The summed E-state index contributed by atoms with van der Waals surface area (Å²) in [4.78, 5) is 0.306. The third kappa shape index (κ3) is 3.89. The SMILES string of the molecule is C#CC/C=C/CCC1(C)NCCS1. The maximum absolute atomic E-state index is 5.14. The predicted molar refractivity (Wildman–Crippen MR) is 60.7 cm³/mol. The van der Waals surface area contributed by atoms with Crippen LogP contribution in [0.3, 0.4) is 0 Å². The van der Waals surface area contributed by atoms with Crippen molar-refractivity contribution in [2.24, 2.45) is 0 Å². The number of hydrogen-bond donors (Lipinski definition) is 1. The Labute approximate surface area is 85.4 Å². The number of nitrogens with one attached hydrogen (secondary N) is 1. The normalized spacial score (nSPS) is 28.0. The van der Waals surface area contributed by atoms with Gasteiger partial charge in [-0.05, 0) is 19.8 Å². The molecule has 0 aromatic carbocycles. The Bertz CT molecular complexity index is 209. The van der Waals surface area contributed by atoms with Gasteiger partial charge in [-0.2, -0.15) is 0 Å². The minimum atomic E-state index is 0.306. The summed E-state index contributed by atoms with van der Waals surface area (Å²) in [5.41, 5.74) is 0. The monoisotopic (exact) mass is 195 g/mol. The third-order valence-electron chi connectivity index (χ3n) is 2.21. The van der Waals surface area contributed by atoms with E-state index in [-0.39, 0.29) is 0 Å². The fourth-order valence-corrected chi connectivity index (χ4v) is 2.55. The van der Waals surface area contributed by atoms with Crippen molar-refractivity contribution in [3.63, 3.8) is 0 Å². The molecule has 1 unspecified atom stereocenters. The lowest BCUT2D eigenvalue weighted by molar-refractivity contribution is 0.511. The number of rotatable bonds is 4. The maximum Gasteiger partial charge on any atom is 0.0620 e. The lowest BCUT2D eigenvalue weighted by Crippen LogP contribution is -2.33. The quantitative estimate of drug-likeness (QED) is 0.546. The van der Waals surface area contributed by atoms with E-state index in [2.05, 4.69) is 30.3 Å². The fourth-order valence-electron chi connectivity index (χ4n) is 1.43. The van der Waals surface area contributed by atoms with Gasteiger partial charge in [-0.25, -0.2) is 0 Å². The smallest absolute Gasteiger partial charge is 0.0620 e. The van der Waals surface area contributed by atoms with Gasteiger partial charge in [0.2, 0.25) is 0 Å². The minimum Gasteiger partial charge on any atom is -0.302 e. The second kappa shape index (κ2) is 5.36. The highest BCUT2D eigenvalue weighted by molar-refractivity contribution is 8.00. The van der Waals surface area contributed by atoms with Crippen molar-refractivity contribution in [2.75, 3.05) is 12.3 Å². The maximum atomic E-state index is 5.14. The largest absolute Gasteiger partial charge is 0.302 e. The van der Waals surface area contributed by atoms with Gasteiger partial charge in [0.25, 0.3) is 0 Å². The van der Waals surface area contributed by atoms with E-state index < -0.39 is 0 Å². The molecular weight excluding hydrogens is 178 g/mol. The lowest BCUT2D eigenvalue weighted by atomic mass is 10.1. The van der Waals surface area contributed by atoms with Crippen LogP contribution in [0.25, 0.3) is 0 Å². The van der Waals surface area contributed by atoms with Gasteiger partial charge in [0, 0.05) is 18.7 Å². The molecule has 0 amide bonds. The topological polar surface area (TPSA) is 12.0 Å². The van der Waals surface area contributed by atoms with Gasteiger partial charge < -0.3 is 5.32 Å². The highest BCUT2D eigenvalue weighted by Gasteiger charge is 2.27. The van der Waals surface area contributed by atoms with Crippen molar-refractivity contribution in [1.29, 1.82) is 0 Å². The van der Waals surface area contributed by atoms with Crippen LogP contribution in [0.1, 0.15) is 26.2 Å². The predicted octanol–water partition coefficient (Wildman–Crippen LogP) is 2.40. The first-order chi connectivity index (χ1) is 6.27. The van der Waals surface area contributed by atoms with E-state index in [0.717, 1.165) is 19.4 Å². The van der Waals surface area contributed by atoms with Gasteiger partial charge >= 0.3 is 0 Å². The van der Waals surface area contributed by atoms with Crippen LogP contribution in [0.5, 0.6) is 0 Å². The summed E-state index contributed by atoms with van der Waals surface area (Å²) in [5.74, 6) is 3.84. The first kappa shape index (κ1) is 10.7. The molecule has 1 atom stereocenters. The van der Waals surface area contributed by atoms with Gasteiger partial charge in [0.15, 0.2) is 0 Å². The third-order valence-corrected chi connectivity index (χ3v) is 3.61. The summed E-state index contributed by atoms with van der Waals surface area (Å²) in [6.07, 6.45) is 12.5. The number of hydrogen-bond acceptors (Lipinski definition) is 2. The van der Waals surface area contributed by atoms with Crippen molar-refractivity contribution in [3.05, 3.63) is 12.2 Å². The molecule has 72 valence electrons. The minimum absolute atomic E-state index is 0.306. The molecule has 1 aliphatic rings. The molecule has 1 saturated heterocycles. The van der Waals surface area contributed by atoms with Crippen LogP contribution in [0, 0.1) is 12.3 Å². The van der Waals surface area contributed by atoms with E-state index in [1.165, 1.54) is 12.2 Å². The molecule has 0 bridgehead atoms. The molecule has 1 fully saturated rings. The molecule has 1 nitrogen and oxygen atoms in total. The average molecular weight is 195 g/mol. The van der Waals surface area contributed by atoms with E-state index in [9.17, 15) is 0 Å². The van der Waals surface area contributed by atoms with Crippen LogP contribution >= 0.6 is 11.8 Å². The molecule has 1 heterocycles. The van der Waals surface area contributed by atoms with Crippen LogP contribution in [0.2, 0.25) is 0 Å². The number of allylic oxidation sites excluding steroid dienone is 2. The van der Waals surface area contributed by atoms with Gasteiger partial charge in [0.1, 0.15) is 0 Å². The van der Waals surface area contributed by atoms with Crippen LogP contribution < -0.4 is 5.32 Å². The van der Waals surface area contributed by atoms with Crippen molar-refractivity contribution in [3.8, 4) is 12.3 Å². The first-order valence-electron chi connectivity index (χ1n) is 4.74. The van der Waals surface area contributed by atoms with Crippen molar-refractivity contribution < 1.29 is 0 Å². The zero-order valence-corrected chi connectivity index (χ0v) is 8.99.